The molecular weight excluding hydrogens is 174 g/mol. The van der Waals surface area contributed by atoms with Crippen molar-refractivity contribution in [2.45, 2.75) is 6.61 Å². The van der Waals surface area contributed by atoms with Crippen LogP contribution in [0.4, 0.5) is 5.13 Å². The van der Waals surface area contributed by atoms with E-state index in [2.05, 4.69) is 9.97 Å². The zero-order valence-electron chi connectivity index (χ0n) is 6.19. The summed E-state index contributed by atoms with van der Waals surface area (Å²) in [6, 6.07) is 1.84. The molecule has 4 nitrogen and oxygen atoms in total. The molecule has 3 N–H and O–H groups in total. The minimum atomic E-state index is 0.000739. The number of hydrogen-bond donors (Lipinski definition) is 2. The van der Waals surface area contributed by atoms with Gasteiger partial charge in [0.2, 0.25) is 0 Å². The lowest BCUT2D eigenvalue weighted by Gasteiger charge is -1.92. The zero-order chi connectivity index (χ0) is 8.55. The quantitative estimate of drug-likeness (QED) is 0.681. The first-order valence-corrected chi connectivity index (χ1v) is 4.23. The topological polar surface area (TPSA) is 72.0 Å². The van der Waals surface area contributed by atoms with Gasteiger partial charge in [-0.1, -0.05) is 11.3 Å². The lowest BCUT2D eigenvalue weighted by atomic mass is 10.3. The Bertz CT molecular complexity index is 412. The summed E-state index contributed by atoms with van der Waals surface area (Å²) in [5.41, 5.74) is 6.92. The molecule has 0 radical (unpaired) electrons. The van der Waals surface area contributed by atoms with Crippen LogP contribution in [-0.4, -0.2) is 15.1 Å². The van der Waals surface area contributed by atoms with Crippen LogP contribution in [0.5, 0.6) is 0 Å². The number of aliphatic hydroxyl groups excluding tert-OH is 1. The molecule has 0 aliphatic heterocycles. The number of aromatic nitrogens is 2. The molecule has 0 spiro atoms. The fourth-order valence-corrected chi connectivity index (χ4v) is 1.72. The lowest BCUT2D eigenvalue weighted by molar-refractivity contribution is 0.281. The Balaban J connectivity index is 2.66. The first-order valence-electron chi connectivity index (χ1n) is 3.41. The van der Waals surface area contributed by atoms with Gasteiger partial charge in [-0.25, -0.2) is 9.97 Å². The average molecular weight is 181 g/mol. The fourth-order valence-electron chi connectivity index (χ4n) is 0.963. The predicted octanol–water partition coefficient (Wildman–Crippen LogP) is 0.766. The van der Waals surface area contributed by atoms with Gasteiger partial charge in [0.05, 0.1) is 11.3 Å². The first-order chi connectivity index (χ1) is 5.79. The van der Waals surface area contributed by atoms with Crippen molar-refractivity contribution >= 4 is 26.8 Å². The van der Waals surface area contributed by atoms with Crippen LogP contribution in [-0.2, 0) is 6.61 Å². The van der Waals surface area contributed by atoms with Crippen LogP contribution in [0.25, 0.3) is 10.3 Å². The molecular formula is C7H7N3OS. The molecule has 12 heavy (non-hydrogen) atoms. The number of nitrogens with two attached hydrogens (primary N) is 1. The van der Waals surface area contributed by atoms with Crippen LogP contribution in [0, 0.1) is 0 Å². The van der Waals surface area contributed by atoms with Gasteiger partial charge in [-0.3, -0.25) is 0 Å². The molecule has 0 fully saturated rings. The van der Waals surface area contributed by atoms with Gasteiger partial charge in [0.1, 0.15) is 0 Å². The number of fused-ring (bicyclic) bond motifs is 1. The Labute approximate surface area is 72.7 Å². The number of hydrogen-bond acceptors (Lipinski definition) is 5. The third-order valence-electron chi connectivity index (χ3n) is 1.50. The molecule has 0 amide bonds. The summed E-state index contributed by atoms with van der Waals surface area (Å²) in [7, 11) is 0. The van der Waals surface area contributed by atoms with E-state index in [1.165, 1.54) is 11.3 Å². The van der Waals surface area contributed by atoms with E-state index in [9.17, 15) is 0 Å². The van der Waals surface area contributed by atoms with Gasteiger partial charge in [0.25, 0.3) is 0 Å². The van der Waals surface area contributed by atoms with Crippen molar-refractivity contribution in [2.75, 3.05) is 5.73 Å². The van der Waals surface area contributed by atoms with Crippen molar-refractivity contribution in [3.63, 3.8) is 0 Å². The molecule has 2 heterocycles. The van der Waals surface area contributed by atoms with Gasteiger partial charge in [0.15, 0.2) is 10.8 Å². The van der Waals surface area contributed by atoms with Crippen molar-refractivity contribution in [1.29, 1.82) is 0 Å². The third-order valence-corrected chi connectivity index (χ3v) is 2.32. The van der Waals surface area contributed by atoms with E-state index >= 15 is 0 Å². The molecule has 62 valence electrons. The highest BCUT2D eigenvalue weighted by atomic mass is 32.1. The number of rotatable bonds is 1. The zero-order valence-corrected chi connectivity index (χ0v) is 7.01. The molecule has 0 atom stereocenters. The second-order valence-electron chi connectivity index (χ2n) is 2.38. The summed E-state index contributed by atoms with van der Waals surface area (Å²) in [6.45, 7) is 0.000739. The molecule has 2 rings (SSSR count). The number of nitrogen functional groups attached to an aromatic ring is 1. The van der Waals surface area contributed by atoms with Crippen LogP contribution >= 0.6 is 11.3 Å². The van der Waals surface area contributed by atoms with Gasteiger partial charge >= 0.3 is 0 Å². The van der Waals surface area contributed by atoms with Crippen LogP contribution < -0.4 is 5.73 Å². The molecule has 0 aliphatic carbocycles. The number of nitrogens with zero attached hydrogens (tertiary/aromatic N) is 2. The van der Waals surface area contributed by atoms with Gasteiger partial charge in [-0.15, -0.1) is 0 Å². The van der Waals surface area contributed by atoms with E-state index in [-0.39, 0.29) is 6.61 Å². The fraction of sp³-hybridized carbons (Fsp3) is 0.143. The first kappa shape index (κ1) is 7.45. The summed E-state index contributed by atoms with van der Waals surface area (Å²) < 4.78 is 0.916. The van der Waals surface area contributed by atoms with Crippen molar-refractivity contribution in [3.05, 3.63) is 17.8 Å². The number of aliphatic hydroxyl groups is 1. The van der Waals surface area contributed by atoms with Crippen molar-refractivity contribution in [2.24, 2.45) is 0 Å². The standard InChI is InChI=1S/C7H7N3OS/c8-7-10-6-5(12-7)1-4(3-11)2-9-6/h1-2,11H,3H2,(H2,8,9,10). The van der Waals surface area contributed by atoms with E-state index in [0.717, 1.165) is 10.3 Å². The second-order valence-corrected chi connectivity index (χ2v) is 3.44. The highest BCUT2D eigenvalue weighted by Crippen LogP contribution is 2.22. The van der Waals surface area contributed by atoms with Gasteiger partial charge < -0.3 is 10.8 Å². The molecule has 2 aromatic rings. The Hall–Kier alpha value is -1.20. The number of thiazole rings is 1. The minimum Gasteiger partial charge on any atom is -0.392 e. The maximum absolute atomic E-state index is 8.82. The number of pyridine rings is 1. The van der Waals surface area contributed by atoms with Crippen LogP contribution in [0.2, 0.25) is 0 Å². The summed E-state index contributed by atoms with van der Waals surface area (Å²) in [5.74, 6) is 0. The van der Waals surface area contributed by atoms with Crippen LogP contribution in [0.3, 0.4) is 0 Å². The highest BCUT2D eigenvalue weighted by molar-refractivity contribution is 7.21. The van der Waals surface area contributed by atoms with Crippen molar-refractivity contribution in [1.82, 2.24) is 9.97 Å². The van der Waals surface area contributed by atoms with Crippen LogP contribution in [0.15, 0.2) is 12.3 Å². The normalized spacial score (nSPS) is 10.8. The largest absolute Gasteiger partial charge is 0.392 e. The molecule has 0 bridgehead atoms. The Morgan fingerprint density at radius 3 is 3.17 bits per heavy atom. The van der Waals surface area contributed by atoms with Crippen molar-refractivity contribution < 1.29 is 5.11 Å². The smallest absolute Gasteiger partial charge is 0.182 e. The Morgan fingerprint density at radius 1 is 1.58 bits per heavy atom. The summed E-state index contributed by atoms with van der Waals surface area (Å²) in [4.78, 5) is 8.02. The second kappa shape index (κ2) is 2.69. The van der Waals surface area contributed by atoms with E-state index in [4.69, 9.17) is 10.8 Å². The lowest BCUT2D eigenvalue weighted by Crippen LogP contribution is -1.85. The molecule has 2 aromatic heterocycles. The maximum atomic E-state index is 8.82. The van der Waals surface area contributed by atoms with Gasteiger partial charge in [0, 0.05) is 6.20 Å². The van der Waals surface area contributed by atoms with Gasteiger partial charge in [-0.2, -0.15) is 0 Å². The molecule has 0 saturated heterocycles. The highest BCUT2D eigenvalue weighted by Gasteiger charge is 2.02. The minimum absolute atomic E-state index is 0.000739. The van der Waals surface area contributed by atoms with E-state index in [1.54, 1.807) is 6.20 Å². The molecule has 0 unspecified atom stereocenters. The monoisotopic (exact) mass is 181 g/mol. The molecule has 5 heteroatoms. The van der Waals surface area contributed by atoms with Crippen molar-refractivity contribution in [3.8, 4) is 0 Å². The van der Waals surface area contributed by atoms with E-state index in [1.807, 2.05) is 6.07 Å². The van der Waals surface area contributed by atoms with Gasteiger partial charge in [-0.05, 0) is 11.6 Å². The van der Waals surface area contributed by atoms with E-state index < -0.39 is 0 Å². The third kappa shape index (κ3) is 1.13. The average Bonchev–Trinajstić information content (AvgIpc) is 2.43. The SMILES string of the molecule is Nc1nc2ncc(CO)cc2s1. The summed E-state index contributed by atoms with van der Waals surface area (Å²) in [5, 5.41) is 9.32. The molecule has 0 saturated carbocycles. The molecule has 0 aromatic carbocycles. The maximum Gasteiger partial charge on any atom is 0.182 e. The number of anilines is 1. The molecule has 0 aliphatic rings. The van der Waals surface area contributed by atoms with E-state index in [0.29, 0.717) is 10.8 Å². The van der Waals surface area contributed by atoms with Crippen LogP contribution in [0.1, 0.15) is 5.56 Å². The summed E-state index contributed by atoms with van der Waals surface area (Å²) >= 11 is 1.37. The Morgan fingerprint density at radius 2 is 2.42 bits per heavy atom. The predicted molar refractivity (Wildman–Crippen MR) is 47.8 cm³/mol. The Kier molecular flexibility index (Phi) is 1.67. The summed E-state index contributed by atoms with van der Waals surface area (Å²) in [6.07, 6.45) is 1.60.